The van der Waals surface area contributed by atoms with Crippen molar-refractivity contribution in [1.29, 1.82) is 0 Å². The van der Waals surface area contributed by atoms with E-state index in [-0.39, 0.29) is 0 Å². The predicted molar refractivity (Wildman–Crippen MR) is 42.2 cm³/mol. The topological polar surface area (TPSA) is 25.8 Å². The highest BCUT2D eigenvalue weighted by molar-refractivity contribution is 7.13. The summed E-state index contributed by atoms with van der Waals surface area (Å²) in [4.78, 5) is 4.15. The Hall–Kier alpha value is -0.960. The van der Waals surface area contributed by atoms with E-state index in [4.69, 9.17) is 0 Å². The largest absolute Gasteiger partial charge is 0.260 e. The molecule has 0 atom stereocenters. The van der Waals surface area contributed by atoms with E-state index in [9.17, 15) is 0 Å². The molecule has 0 spiro atoms. The van der Waals surface area contributed by atoms with Crippen molar-refractivity contribution >= 4 is 21.6 Å². The van der Waals surface area contributed by atoms with Crippen LogP contribution >= 0.6 is 11.5 Å². The molecule has 2 heterocycles. The summed E-state index contributed by atoms with van der Waals surface area (Å²) >= 11 is 1.48. The van der Waals surface area contributed by atoms with E-state index in [1.54, 1.807) is 0 Å². The molecule has 0 radical (unpaired) electrons. The normalized spacial score (nSPS) is 10.5. The molecule has 0 aromatic carbocycles. The monoisotopic (exact) mass is 150 g/mol. The second-order valence-electron chi connectivity index (χ2n) is 2.19. The van der Waals surface area contributed by atoms with E-state index in [2.05, 4.69) is 9.36 Å². The Morgan fingerprint density at radius 1 is 1.40 bits per heavy atom. The van der Waals surface area contributed by atoms with Gasteiger partial charge >= 0.3 is 0 Å². The van der Waals surface area contributed by atoms with Crippen LogP contribution in [0.4, 0.5) is 0 Å². The van der Waals surface area contributed by atoms with Gasteiger partial charge in [-0.25, -0.2) is 0 Å². The number of fused-ring (bicyclic) bond motifs is 1. The summed E-state index contributed by atoms with van der Waals surface area (Å²) in [5, 5.41) is 1.19. The average Bonchev–Trinajstić information content (AvgIpc) is 2.33. The molecule has 0 saturated heterocycles. The molecule has 2 nitrogen and oxygen atoms in total. The summed E-state index contributed by atoms with van der Waals surface area (Å²) in [5.41, 5.74) is 1.05. The Balaban J connectivity index is 2.86. The summed E-state index contributed by atoms with van der Waals surface area (Å²) in [6.45, 7) is 1.98. The minimum absolute atomic E-state index is 1.05. The number of rotatable bonds is 0. The molecule has 0 aliphatic carbocycles. The smallest absolute Gasteiger partial charge is 0.0733 e. The molecular formula is C7H6N2S. The number of aromatic nitrogens is 2. The summed E-state index contributed by atoms with van der Waals surface area (Å²) in [5.74, 6) is 0. The molecule has 0 aliphatic rings. The molecular weight excluding hydrogens is 144 g/mol. The van der Waals surface area contributed by atoms with Crippen LogP contribution in [0.1, 0.15) is 5.69 Å². The van der Waals surface area contributed by atoms with Crippen LogP contribution in [-0.2, 0) is 0 Å². The van der Waals surface area contributed by atoms with Gasteiger partial charge in [0.1, 0.15) is 0 Å². The Morgan fingerprint density at radius 3 is 3.20 bits per heavy atom. The van der Waals surface area contributed by atoms with E-state index < -0.39 is 0 Å². The first-order chi connectivity index (χ1) is 4.86. The van der Waals surface area contributed by atoms with Crippen molar-refractivity contribution in [2.24, 2.45) is 0 Å². The molecule has 2 aromatic rings. The summed E-state index contributed by atoms with van der Waals surface area (Å²) in [6.07, 6.45) is 3.73. The van der Waals surface area contributed by atoms with Crippen molar-refractivity contribution in [2.75, 3.05) is 0 Å². The maximum absolute atomic E-state index is 4.15. The van der Waals surface area contributed by atoms with E-state index in [1.165, 1.54) is 16.9 Å². The van der Waals surface area contributed by atoms with Gasteiger partial charge < -0.3 is 0 Å². The summed E-state index contributed by atoms with van der Waals surface area (Å²) in [7, 11) is 0. The van der Waals surface area contributed by atoms with Gasteiger partial charge in [0.05, 0.1) is 4.70 Å². The van der Waals surface area contributed by atoms with Crippen LogP contribution in [0.2, 0.25) is 0 Å². The van der Waals surface area contributed by atoms with Crippen molar-refractivity contribution in [1.82, 2.24) is 9.36 Å². The highest BCUT2D eigenvalue weighted by Gasteiger charge is 1.94. The quantitative estimate of drug-likeness (QED) is 0.574. The third kappa shape index (κ3) is 0.789. The molecule has 10 heavy (non-hydrogen) atoms. The molecule has 0 unspecified atom stereocenters. The van der Waals surface area contributed by atoms with Crippen LogP contribution in [0.5, 0.6) is 0 Å². The lowest BCUT2D eigenvalue weighted by Gasteiger charge is -1.88. The molecule has 2 aromatic heterocycles. The third-order valence-electron chi connectivity index (χ3n) is 1.38. The van der Waals surface area contributed by atoms with Crippen molar-refractivity contribution < 1.29 is 0 Å². The average molecular weight is 150 g/mol. The second kappa shape index (κ2) is 2.02. The Bertz CT molecular complexity index is 353. The van der Waals surface area contributed by atoms with Crippen LogP contribution in [0.25, 0.3) is 10.1 Å². The molecule has 3 heteroatoms. The molecule has 0 N–H and O–H groups in total. The lowest BCUT2D eigenvalue weighted by Crippen LogP contribution is -1.75. The number of hydrogen-bond acceptors (Lipinski definition) is 3. The highest BCUT2D eigenvalue weighted by Crippen LogP contribution is 2.16. The minimum Gasteiger partial charge on any atom is -0.260 e. The van der Waals surface area contributed by atoms with Gasteiger partial charge in [0.25, 0.3) is 0 Å². The van der Waals surface area contributed by atoms with Crippen molar-refractivity contribution in [3.8, 4) is 0 Å². The fourth-order valence-electron chi connectivity index (χ4n) is 0.886. The van der Waals surface area contributed by atoms with Gasteiger partial charge in [0.15, 0.2) is 0 Å². The van der Waals surface area contributed by atoms with Crippen LogP contribution in [0.15, 0.2) is 18.5 Å². The number of aryl methyl sites for hydroxylation is 1. The second-order valence-corrected chi connectivity index (χ2v) is 3.02. The molecule has 0 amide bonds. The lowest BCUT2D eigenvalue weighted by molar-refractivity contribution is 1.23. The van der Waals surface area contributed by atoms with E-state index in [1.807, 2.05) is 25.4 Å². The number of nitrogens with zero attached hydrogens (tertiary/aromatic N) is 2. The van der Waals surface area contributed by atoms with Crippen LogP contribution in [0, 0.1) is 6.92 Å². The third-order valence-corrected chi connectivity index (χ3v) is 2.13. The van der Waals surface area contributed by atoms with Crippen LogP contribution in [-0.4, -0.2) is 9.36 Å². The first-order valence-corrected chi connectivity index (χ1v) is 3.80. The van der Waals surface area contributed by atoms with Gasteiger partial charge in [0, 0.05) is 23.5 Å². The zero-order valence-corrected chi connectivity index (χ0v) is 6.35. The fraction of sp³-hybridized carbons (Fsp3) is 0.143. The number of hydrogen-bond donors (Lipinski definition) is 0. The minimum atomic E-state index is 1.05. The Kier molecular flexibility index (Phi) is 1.17. The Labute approximate surface area is 62.7 Å². The van der Waals surface area contributed by atoms with Gasteiger partial charge in [-0.15, -0.1) is 0 Å². The zero-order chi connectivity index (χ0) is 6.97. The first kappa shape index (κ1) is 5.80. The van der Waals surface area contributed by atoms with Gasteiger partial charge in [-0.3, -0.25) is 4.98 Å². The Morgan fingerprint density at radius 2 is 2.30 bits per heavy atom. The van der Waals surface area contributed by atoms with Crippen molar-refractivity contribution in [2.45, 2.75) is 6.92 Å². The van der Waals surface area contributed by atoms with Gasteiger partial charge in [-0.05, 0) is 24.5 Å². The maximum Gasteiger partial charge on any atom is 0.0733 e. The summed E-state index contributed by atoms with van der Waals surface area (Å²) < 4.78 is 5.20. The van der Waals surface area contributed by atoms with E-state index in [0.717, 1.165) is 10.4 Å². The van der Waals surface area contributed by atoms with E-state index in [0.29, 0.717) is 0 Å². The van der Waals surface area contributed by atoms with Crippen LogP contribution < -0.4 is 0 Å². The summed E-state index contributed by atoms with van der Waals surface area (Å²) in [6, 6.07) is 2.04. The molecule has 0 bridgehead atoms. The van der Waals surface area contributed by atoms with Gasteiger partial charge in [0.2, 0.25) is 0 Å². The predicted octanol–water partition coefficient (Wildman–Crippen LogP) is 2.00. The van der Waals surface area contributed by atoms with Crippen LogP contribution in [0.3, 0.4) is 0 Å². The van der Waals surface area contributed by atoms with E-state index >= 15 is 0 Å². The van der Waals surface area contributed by atoms with Gasteiger partial charge in [-0.1, -0.05) is 0 Å². The zero-order valence-electron chi connectivity index (χ0n) is 5.53. The number of pyridine rings is 1. The molecule has 0 saturated carbocycles. The van der Waals surface area contributed by atoms with Gasteiger partial charge in [-0.2, -0.15) is 4.37 Å². The molecule has 0 fully saturated rings. The fourth-order valence-corrected chi connectivity index (χ4v) is 1.48. The molecule has 2 rings (SSSR count). The molecule has 50 valence electrons. The maximum atomic E-state index is 4.15. The van der Waals surface area contributed by atoms with Crippen molar-refractivity contribution in [3.63, 3.8) is 0 Å². The van der Waals surface area contributed by atoms with Crippen molar-refractivity contribution in [3.05, 3.63) is 24.2 Å². The highest BCUT2D eigenvalue weighted by atomic mass is 32.1. The lowest BCUT2D eigenvalue weighted by atomic mass is 10.3. The SMILES string of the molecule is Cc1cc2cnsc2cn1. The standard InChI is InChI=1S/C7H6N2S/c1-5-2-6-3-9-10-7(6)4-8-5/h2-4H,1H3. The first-order valence-electron chi connectivity index (χ1n) is 3.03. The molecule has 0 aliphatic heterocycles.